The molecule has 0 amide bonds. The molecule has 3 rings (SSSR count). The molecule has 5 heteroatoms. The Morgan fingerprint density at radius 1 is 1.04 bits per heavy atom. The van der Waals surface area contributed by atoms with Gasteiger partial charge in [0.15, 0.2) is 11.5 Å². The highest BCUT2D eigenvalue weighted by molar-refractivity contribution is 5.80. The van der Waals surface area contributed by atoms with Crippen LogP contribution in [-0.4, -0.2) is 30.3 Å². The predicted octanol–water partition coefficient (Wildman–Crippen LogP) is 2.99. The van der Waals surface area contributed by atoms with Crippen LogP contribution in [0.2, 0.25) is 0 Å². The Kier molecular flexibility index (Phi) is 5.01. The largest absolute Gasteiger partial charge is 0.493 e. The van der Waals surface area contributed by atoms with Crippen LogP contribution < -0.4 is 15.2 Å². The Balaban J connectivity index is 2.11. The molecule has 0 atom stereocenters. The van der Waals surface area contributed by atoms with Crippen LogP contribution in [-0.2, 0) is 13.0 Å². The van der Waals surface area contributed by atoms with Crippen molar-refractivity contribution in [2.45, 2.75) is 19.4 Å². The van der Waals surface area contributed by atoms with E-state index in [9.17, 15) is 0 Å². The molecule has 0 saturated heterocycles. The normalized spacial score (nSPS) is 11.0. The zero-order valence-electron chi connectivity index (χ0n) is 14.2. The Labute approximate surface area is 142 Å². The number of hydrogen-bond donors (Lipinski definition) is 1. The number of benzene rings is 2. The standard InChI is InChI=1S/C19H23N3O2/c1-23-17-11-15-16(12-18(17)24-2)22(19(21-15)9-6-10-20)13-14-7-4-3-5-8-14/h3-5,7-8,11-12H,6,9-10,13,20H2,1-2H3. The van der Waals surface area contributed by atoms with Crippen LogP contribution in [0.15, 0.2) is 42.5 Å². The fraction of sp³-hybridized carbons (Fsp3) is 0.316. The number of aryl methyl sites for hydroxylation is 1. The summed E-state index contributed by atoms with van der Waals surface area (Å²) in [6.45, 7) is 1.42. The van der Waals surface area contributed by atoms with Crippen LogP contribution in [0.3, 0.4) is 0 Å². The minimum absolute atomic E-state index is 0.654. The third-order valence-corrected chi connectivity index (χ3v) is 4.12. The van der Waals surface area contributed by atoms with Gasteiger partial charge < -0.3 is 19.8 Å². The minimum Gasteiger partial charge on any atom is -0.493 e. The lowest BCUT2D eigenvalue weighted by Crippen LogP contribution is -2.08. The summed E-state index contributed by atoms with van der Waals surface area (Å²) in [4.78, 5) is 4.80. The lowest BCUT2D eigenvalue weighted by molar-refractivity contribution is 0.355. The van der Waals surface area contributed by atoms with Gasteiger partial charge in [-0.1, -0.05) is 30.3 Å². The van der Waals surface area contributed by atoms with Gasteiger partial charge in [0, 0.05) is 25.1 Å². The van der Waals surface area contributed by atoms with Gasteiger partial charge in [-0.05, 0) is 18.5 Å². The molecule has 0 aliphatic carbocycles. The van der Waals surface area contributed by atoms with Crippen molar-refractivity contribution in [3.05, 3.63) is 53.9 Å². The molecule has 3 aromatic rings. The molecule has 0 unspecified atom stereocenters. The van der Waals surface area contributed by atoms with E-state index in [1.807, 2.05) is 18.2 Å². The van der Waals surface area contributed by atoms with E-state index in [4.69, 9.17) is 20.2 Å². The molecule has 2 aromatic carbocycles. The Morgan fingerprint density at radius 3 is 2.42 bits per heavy atom. The third-order valence-electron chi connectivity index (χ3n) is 4.12. The number of fused-ring (bicyclic) bond motifs is 1. The highest BCUT2D eigenvalue weighted by atomic mass is 16.5. The van der Waals surface area contributed by atoms with E-state index in [0.29, 0.717) is 18.0 Å². The first-order chi connectivity index (χ1) is 11.8. The van der Waals surface area contributed by atoms with Crippen LogP contribution in [0.5, 0.6) is 11.5 Å². The van der Waals surface area contributed by atoms with E-state index in [1.165, 1.54) is 5.56 Å². The van der Waals surface area contributed by atoms with Crippen molar-refractivity contribution in [1.29, 1.82) is 0 Å². The number of nitrogens with zero attached hydrogens (tertiary/aromatic N) is 2. The molecule has 1 heterocycles. The molecule has 5 nitrogen and oxygen atoms in total. The van der Waals surface area contributed by atoms with Gasteiger partial charge in [-0.3, -0.25) is 0 Å². The summed E-state index contributed by atoms with van der Waals surface area (Å²) in [5, 5.41) is 0. The highest BCUT2D eigenvalue weighted by Crippen LogP contribution is 2.33. The summed E-state index contributed by atoms with van der Waals surface area (Å²) >= 11 is 0. The molecule has 0 aliphatic heterocycles. The lowest BCUT2D eigenvalue weighted by atomic mass is 10.2. The second-order valence-corrected chi connectivity index (χ2v) is 5.69. The van der Waals surface area contributed by atoms with E-state index in [2.05, 4.69) is 28.8 Å². The second-order valence-electron chi connectivity index (χ2n) is 5.69. The molecule has 0 spiro atoms. The summed E-state index contributed by atoms with van der Waals surface area (Å²) in [6.07, 6.45) is 1.76. The van der Waals surface area contributed by atoms with Crippen molar-refractivity contribution in [2.24, 2.45) is 5.73 Å². The van der Waals surface area contributed by atoms with Crippen LogP contribution in [0.1, 0.15) is 17.8 Å². The van der Waals surface area contributed by atoms with Gasteiger partial charge in [-0.25, -0.2) is 4.98 Å². The maximum absolute atomic E-state index is 5.69. The van der Waals surface area contributed by atoms with Crippen molar-refractivity contribution in [3.63, 3.8) is 0 Å². The van der Waals surface area contributed by atoms with E-state index in [-0.39, 0.29) is 0 Å². The SMILES string of the molecule is COc1cc2nc(CCCN)n(Cc3ccccc3)c2cc1OC. The van der Waals surface area contributed by atoms with Crippen LogP contribution in [0, 0.1) is 0 Å². The van der Waals surface area contributed by atoms with Gasteiger partial charge in [0.05, 0.1) is 25.3 Å². The molecule has 2 N–H and O–H groups in total. The number of aromatic nitrogens is 2. The van der Waals surface area contributed by atoms with Crippen molar-refractivity contribution in [1.82, 2.24) is 9.55 Å². The van der Waals surface area contributed by atoms with Crippen molar-refractivity contribution in [2.75, 3.05) is 20.8 Å². The zero-order chi connectivity index (χ0) is 16.9. The van der Waals surface area contributed by atoms with E-state index in [1.54, 1.807) is 14.2 Å². The number of rotatable bonds is 7. The molecule has 0 saturated carbocycles. The van der Waals surface area contributed by atoms with Gasteiger partial charge in [-0.15, -0.1) is 0 Å². The number of imidazole rings is 1. The van der Waals surface area contributed by atoms with Gasteiger partial charge in [0.1, 0.15) is 5.82 Å². The summed E-state index contributed by atoms with van der Waals surface area (Å²) < 4.78 is 13.1. The first-order valence-electron chi connectivity index (χ1n) is 8.12. The highest BCUT2D eigenvalue weighted by Gasteiger charge is 2.15. The minimum atomic E-state index is 0.654. The molecule has 0 bridgehead atoms. The van der Waals surface area contributed by atoms with E-state index < -0.39 is 0 Å². The molecule has 24 heavy (non-hydrogen) atoms. The molecule has 0 aliphatic rings. The molecule has 0 radical (unpaired) electrons. The topological polar surface area (TPSA) is 62.3 Å². The van der Waals surface area contributed by atoms with Crippen LogP contribution >= 0.6 is 0 Å². The van der Waals surface area contributed by atoms with Crippen molar-refractivity contribution in [3.8, 4) is 11.5 Å². The first kappa shape index (κ1) is 16.3. The maximum atomic E-state index is 5.69. The molecule has 1 aromatic heterocycles. The van der Waals surface area contributed by atoms with E-state index in [0.717, 1.165) is 36.2 Å². The number of nitrogens with two attached hydrogens (primary N) is 1. The summed E-state index contributed by atoms with van der Waals surface area (Å²) in [7, 11) is 3.29. The Morgan fingerprint density at radius 2 is 1.75 bits per heavy atom. The smallest absolute Gasteiger partial charge is 0.163 e. The number of hydrogen-bond acceptors (Lipinski definition) is 4. The molecule has 0 fully saturated rings. The average molecular weight is 325 g/mol. The van der Waals surface area contributed by atoms with Crippen molar-refractivity contribution < 1.29 is 9.47 Å². The molecular formula is C19H23N3O2. The molecule has 126 valence electrons. The van der Waals surface area contributed by atoms with Crippen LogP contribution in [0.25, 0.3) is 11.0 Å². The Hall–Kier alpha value is -2.53. The average Bonchev–Trinajstić information content (AvgIpc) is 2.96. The van der Waals surface area contributed by atoms with E-state index >= 15 is 0 Å². The predicted molar refractivity (Wildman–Crippen MR) is 95.8 cm³/mol. The Bertz CT molecular complexity index is 812. The van der Waals surface area contributed by atoms with Gasteiger partial charge in [0.25, 0.3) is 0 Å². The van der Waals surface area contributed by atoms with Gasteiger partial charge in [0.2, 0.25) is 0 Å². The quantitative estimate of drug-likeness (QED) is 0.725. The molecular weight excluding hydrogens is 302 g/mol. The second kappa shape index (κ2) is 7.36. The number of methoxy groups -OCH3 is 2. The summed E-state index contributed by atoms with van der Waals surface area (Å²) in [5.41, 5.74) is 8.88. The summed E-state index contributed by atoms with van der Waals surface area (Å²) in [6, 6.07) is 14.3. The van der Waals surface area contributed by atoms with Gasteiger partial charge >= 0.3 is 0 Å². The zero-order valence-corrected chi connectivity index (χ0v) is 14.2. The maximum Gasteiger partial charge on any atom is 0.163 e. The monoisotopic (exact) mass is 325 g/mol. The fourth-order valence-corrected chi connectivity index (χ4v) is 2.90. The van der Waals surface area contributed by atoms with Gasteiger partial charge in [-0.2, -0.15) is 0 Å². The fourth-order valence-electron chi connectivity index (χ4n) is 2.90. The lowest BCUT2D eigenvalue weighted by Gasteiger charge is -2.11. The van der Waals surface area contributed by atoms with Crippen molar-refractivity contribution >= 4 is 11.0 Å². The van der Waals surface area contributed by atoms with Crippen LogP contribution in [0.4, 0.5) is 0 Å². The third kappa shape index (κ3) is 3.21. The number of ether oxygens (including phenoxy) is 2. The first-order valence-corrected chi connectivity index (χ1v) is 8.12. The summed E-state index contributed by atoms with van der Waals surface area (Å²) in [5.74, 6) is 2.44.